The van der Waals surface area contributed by atoms with Gasteiger partial charge in [-0.25, -0.2) is 0 Å². The van der Waals surface area contributed by atoms with E-state index in [1.807, 2.05) is 0 Å². The van der Waals surface area contributed by atoms with Crippen molar-refractivity contribution in [2.45, 2.75) is 32.8 Å². The fourth-order valence-corrected chi connectivity index (χ4v) is 3.48. The van der Waals surface area contributed by atoms with Crippen molar-refractivity contribution in [1.82, 2.24) is 4.90 Å². The number of rotatable bonds is 5. The normalized spacial score (nSPS) is 22.5. The highest BCUT2D eigenvalue weighted by Gasteiger charge is 2.23. The summed E-state index contributed by atoms with van der Waals surface area (Å²) in [6.45, 7) is 11.2. The molecule has 3 rings (SSSR count). The van der Waals surface area contributed by atoms with Gasteiger partial charge in [-0.1, -0.05) is 19.1 Å². The van der Waals surface area contributed by atoms with Crippen molar-refractivity contribution in [2.24, 2.45) is 0 Å². The average Bonchev–Trinajstić information content (AvgIpc) is 2.59. The molecule has 4 nitrogen and oxygen atoms in total. The van der Waals surface area contributed by atoms with Crippen LogP contribution in [0.1, 0.15) is 25.8 Å². The van der Waals surface area contributed by atoms with E-state index in [4.69, 9.17) is 9.47 Å². The second-order valence-corrected chi connectivity index (χ2v) is 6.14. The number of benzene rings is 1. The Morgan fingerprint density at radius 3 is 2.95 bits per heavy atom. The highest BCUT2D eigenvalue weighted by molar-refractivity contribution is 5.65. The van der Waals surface area contributed by atoms with Crippen molar-refractivity contribution in [3.8, 4) is 5.75 Å². The van der Waals surface area contributed by atoms with Crippen molar-refractivity contribution in [2.75, 3.05) is 50.8 Å². The van der Waals surface area contributed by atoms with Crippen molar-refractivity contribution in [1.29, 1.82) is 0 Å². The molecule has 1 aromatic carbocycles. The van der Waals surface area contributed by atoms with Crippen LogP contribution in [0.5, 0.6) is 5.75 Å². The van der Waals surface area contributed by atoms with Crippen molar-refractivity contribution in [3.63, 3.8) is 0 Å². The van der Waals surface area contributed by atoms with E-state index in [1.54, 1.807) is 0 Å². The number of ether oxygens (including phenoxy) is 2. The van der Waals surface area contributed by atoms with Crippen LogP contribution < -0.4 is 9.64 Å². The van der Waals surface area contributed by atoms with Crippen LogP contribution in [0.2, 0.25) is 0 Å². The van der Waals surface area contributed by atoms with Gasteiger partial charge in [0.05, 0.1) is 12.3 Å². The smallest absolute Gasteiger partial charge is 0.143 e. The third-order valence-electron chi connectivity index (χ3n) is 4.75. The van der Waals surface area contributed by atoms with Gasteiger partial charge >= 0.3 is 0 Å². The summed E-state index contributed by atoms with van der Waals surface area (Å²) in [4.78, 5) is 4.87. The van der Waals surface area contributed by atoms with Gasteiger partial charge < -0.3 is 14.4 Å². The predicted octanol–water partition coefficient (Wildman–Crippen LogP) is 2.56. The van der Waals surface area contributed by atoms with E-state index >= 15 is 0 Å². The average molecular weight is 304 g/mol. The lowest BCUT2D eigenvalue weighted by molar-refractivity contribution is -0.0463. The summed E-state index contributed by atoms with van der Waals surface area (Å²) in [5.74, 6) is 1.02. The molecule has 1 fully saturated rings. The predicted molar refractivity (Wildman–Crippen MR) is 90.0 cm³/mol. The fourth-order valence-electron chi connectivity index (χ4n) is 3.48. The van der Waals surface area contributed by atoms with E-state index in [0.717, 1.165) is 51.5 Å². The van der Waals surface area contributed by atoms with Gasteiger partial charge in [-0.05, 0) is 37.9 Å². The number of hydrogen-bond donors (Lipinski definition) is 0. The third-order valence-corrected chi connectivity index (χ3v) is 4.75. The van der Waals surface area contributed by atoms with Crippen LogP contribution in [0.3, 0.4) is 0 Å². The number of hydrogen-bond acceptors (Lipinski definition) is 4. The highest BCUT2D eigenvalue weighted by Crippen LogP contribution is 2.36. The second-order valence-electron chi connectivity index (χ2n) is 6.14. The molecular formula is C18H28N2O2. The second kappa shape index (κ2) is 7.34. The molecule has 1 unspecified atom stereocenters. The van der Waals surface area contributed by atoms with Gasteiger partial charge in [-0.3, -0.25) is 4.90 Å². The number of nitrogens with zero attached hydrogens (tertiary/aromatic N) is 2. The summed E-state index contributed by atoms with van der Waals surface area (Å²) >= 11 is 0. The first kappa shape index (κ1) is 15.6. The number of likely N-dealkylation sites (N-methyl/N-ethyl adjacent to an activating group) is 1. The Balaban J connectivity index is 1.68. The third kappa shape index (κ3) is 3.39. The standard InChI is InChI=1S/C18H28N2O2/c1-3-19-11-12-21-16(13-19)14-22-17-9-5-7-15-8-6-10-20(4-2)18(15)17/h5,7,9,16H,3-4,6,8,10-14H2,1-2H3. The molecule has 122 valence electrons. The van der Waals surface area contributed by atoms with Crippen LogP contribution in [-0.4, -0.2) is 56.9 Å². The van der Waals surface area contributed by atoms with Gasteiger partial charge in [0.1, 0.15) is 18.5 Å². The fraction of sp³-hybridized carbons (Fsp3) is 0.667. The first-order valence-electron chi connectivity index (χ1n) is 8.65. The minimum Gasteiger partial charge on any atom is -0.489 e. The molecule has 0 bridgehead atoms. The van der Waals surface area contributed by atoms with E-state index < -0.39 is 0 Å². The first-order chi connectivity index (χ1) is 10.8. The van der Waals surface area contributed by atoms with E-state index in [2.05, 4.69) is 41.8 Å². The lowest BCUT2D eigenvalue weighted by Crippen LogP contribution is -2.44. The Bertz CT molecular complexity index is 492. The molecule has 2 heterocycles. The van der Waals surface area contributed by atoms with Crippen molar-refractivity contribution in [3.05, 3.63) is 23.8 Å². The summed E-state index contributed by atoms with van der Waals surface area (Å²) in [7, 11) is 0. The molecule has 0 aliphatic carbocycles. The molecule has 2 aliphatic rings. The Morgan fingerprint density at radius 2 is 2.14 bits per heavy atom. The minimum atomic E-state index is 0.184. The van der Waals surface area contributed by atoms with Crippen LogP contribution in [0, 0.1) is 0 Å². The molecule has 0 aromatic heterocycles. The molecule has 22 heavy (non-hydrogen) atoms. The zero-order valence-corrected chi connectivity index (χ0v) is 13.9. The summed E-state index contributed by atoms with van der Waals surface area (Å²) in [6, 6.07) is 6.46. The lowest BCUT2D eigenvalue weighted by Gasteiger charge is -2.34. The number of fused-ring (bicyclic) bond motifs is 1. The zero-order chi connectivity index (χ0) is 15.4. The monoisotopic (exact) mass is 304 g/mol. The molecule has 1 aromatic rings. The Morgan fingerprint density at radius 1 is 1.23 bits per heavy atom. The molecule has 0 amide bonds. The summed E-state index contributed by atoms with van der Waals surface area (Å²) in [5, 5.41) is 0. The van der Waals surface area contributed by atoms with Gasteiger partial charge in [-0.2, -0.15) is 0 Å². The van der Waals surface area contributed by atoms with Crippen LogP contribution in [0.15, 0.2) is 18.2 Å². The zero-order valence-electron chi connectivity index (χ0n) is 13.9. The van der Waals surface area contributed by atoms with E-state index in [1.165, 1.54) is 17.7 Å². The quantitative estimate of drug-likeness (QED) is 0.835. The van der Waals surface area contributed by atoms with Gasteiger partial charge in [-0.15, -0.1) is 0 Å². The van der Waals surface area contributed by atoms with E-state index in [-0.39, 0.29) is 6.10 Å². The molecule has 0 radical (unpaired) electrons. The Kier molecular flexibility index (Phi) is 5.21. The maximum Gasteiger partial charge on any atom is 0.143 e. The highest BCUT2D eigenvalue weighted by atomic mass is 16.5. The van der Waals surface area contributed by atoms with Gasteiger partial charge in [0.25, 0.3) is 0 Å². The minimum absolute atomic E-state index is 0.184. The van der Waals surface area contributed by atoms with Crippen molar-refractivity contribution < 1.29 is 9.47 Å². The Labute approximate surface area is 134 Å². The summed E-state index contributed by atoms with van der Waals surface area (Å²) in [5.41, 5.74) is 2.73. The Hall–Kier alpha value is -1.26. The van der Waals surface area contributed by atoms with Gasteiger partial charge in [0.15, 0.2) is 0 Å². The maximum atomic E-state index is 6.18. The first-order valence-corrected chi connectivity index (χ1v) is 8.65. The van der Waals surface area contributed by atoms with Gasteiger partial charge in [0, 0.05) is 26.2 Å². The number of aryl methyl sites for hydroxylation is 1. The molecule has 1 atom stereocenters. The van der Waals surface area contributed by atoms with Crippen LogP contribution in [0.25, 0.3) is 0 Å². The van der Waals surface area contributed by atoms with Crippen LogP contribution >= 0.6 is 0 Å². The van der Waals surface area contributed by atoms with Gasteiger partial charge in [0.2, 0.25) is 0 Å². The lowest BCUT2D eigenvalue weighted by atomic mass is 10.0. The summed E-state index contributed by atoms with van der Waals surface area (Å²) < 4.78 is 12.0. The SMILES string of the molecule is CCN1CCOC(COc2cccc3c2N(CC)CCC3)C1. The number of anilines is 1. The molecule has 0 saturated carbocycles. The van der Waals surface area contributed by atoms with Crippen LogP contribution in [-0.2, 0) is 11.2 Å². The molecule has 2 aliphatic heterocycles. The molecule has 4 heteroatoms. The van der Waals surface area contributed by atoms with E-state index in [0.29, 0.717) is 6.61 Å². The number of morpholine rings is 1. The molecular weight excluding hydrogens is 276 g/mol. The largest absolute Gasteiger partial charge is 0.489 e. The van der Waals surface area contributed by atoms with E-state index in [9.17, 15) is 0 Å². The van der Waals surface area contributed by atoms with Crippen LogP contribution in [0.4, 0.5) is 5.69 Å². The summed E-state index contributed by atoms with van der Waals surface area (Å²) in [6.07, 6.45) is 2.58. The topological polar surface area (TPSA) is 24.9 Å². The molecule has 0 N–H and O–H groups in total. The molecule has 1 saturated heterocycles. The van der Waals surface area contributed by atoms with Crippen molar-refractivity contribution >= 4 is 5.69 Å². The maximum absolute atomic E-state index is 6.18. The molecule has 0 spiro atoms. The number of para-hydroxylation sites is 1.